The predicted octanol–water partition coefficient (Wildman–Crippen LogP) is 3.69. The second-order valence-electron chi connectivity index (χ2n) is 4.87. The van der Waals surface area contributed by atoms with Gasteiger partial charge in [-0.3, -0.25) is 4.98 Å². The summed E-state index contributed by atoms with van der Waals surface area (Å²) in [7, 11) is 0. The Kier molecular flexibility index (Phi) is 3.43. The molecule has 0 amide bonds. The number of aromatic nitrogens is 1. The van der Waals surface area contributed by atoms with Crippen molar-refractivity contribution in [2.24, 2.45) is 0 Å². The maximum atomic E-state index is 12.9. The van der Waals surface area contributed by atoms with Crippen LogP contribution in [0.3, 0.4) is 0 Å². The number of hydrogen-bond acceptors (Lipinski definition) is 2. The van der Waals surface area contributed by atoms with Crippen molar-refractivity contribution < 1.29 is 13.5 Å². The van der Waals surface area contributed by atoms with Gasteiger partial charge in [0.15, 0.2) is 0 Å². The molecule has 0 aliphatic carbocycles. The van der Waals surface area contributed by atoms with E-state index in [2.05, 4.69) is 18.8 Å². The number of halogens is 2. The smallest absolute Gasteiger partial charge is 0.271 e. The van der Waals surface area contributed by atoms with Crippen LogP contribution in [-0.2, 0) is 4.74 Å². The lowest BCUT2D eigenvalue weighted by atomic mass is 10.0. The molecule has 1 unspecified atom stereocenters. The first-order chi connectivity index (χ1) is 7.98. The third kappa shape index (κ3) is 3.00. The van der Waals surface area contributed by atoms with E-state index in [0.29, 0.717) is 12.3 Å². The number of ether oxygens (including phenoxy) is 1. The van der Waals surface area contributed by atoms with Gasteiger partial charge in [-0.2, -0.15) is 0 Å². The fourth-order valence-corrected chi connectivity index (χ4v) is 1.90. The first-order valence-electron chi connectivity index (χ1n) is 5.93. The molecule has 2 heterocycles. The summed E-state index contributed by atoms with van der Waals surface area (Å²) in [5.74, 6) is -2.25. The molecule has 2 rings (SSSR count). The molecule has 0 spiro atoms. The van der Waals surface area contributed by atoms with Gasteiger partial charge in [0.05, 0.1) is 11.8 Å². The average Bonchev–Trinajstić information content (AvgIpc) is 2.29. The van der Waals surface area contributed by atoms with Crippen molar-refractivity contribution in [3.05, 3.63) is 29.6 Å². The number of nitrogens with zero attached hydrogens (tertiary/aromatic N) is 1. The van der Waals surface area contributed by atoms with Crippen molar-refractivity contribution in [2.45, 2.75) is 44.6 Å². The van der Waals surface area contributed by atoms with Crippen LogP contribution in [0.1, 0.15) is 50.0 Å². The van der Waals surface area contributed by atoms with Crippen LogP contribution in [0.25, 0.3) is 0 Å². The van der Waals surface area contributed by atoms with Crippen molar-refractivity contribution >= 4 is 0 Å². The van der Waals surface area contributed by atoms with Crippen molar-refractivity contribution in [1.29, 1.82) is 0 Å². The normalized spacial score (nSPS) is 23.9. The van der Waals surface area contributed by atoms with E-state index in [4.69, 9.17) is 4.74 Å². The van der Waals surface area contributed by atoms with E-state index in [0.717, 1.165) is 11.3 Å². The first kappa shape index (κ1) is 12.4. The highest BCUT2D eigenvalue weighted by Crippen LogP contribution is 2.34. The Bertz CT molecular complexity index is 366. The van der Waals surface area contributed by atoms with E-state index in [1.807, 2.05) is 12.1 Å². The van der Waals surface area contributed by atoms with Crippen LogP contribution in [0.4, 0.5) is 8.78 Å². The molecule has 2 nitrogen and oxygen atoms in total. The zero-order valence-corrected chi connectivity index (χ0v) is 10.1. The van der Waals surface area contributed by atoms with Crippen LogP contribution in [0.2, 0.25) is 0 Å². The van der Waals surface area contributed by atoms with Gasteiger partial charge in [-0.1, -0.05) is 19.9 Å². The minimum absolute atomic E-state index is 0.120. The van der Waals surface area contributed by atoms with E-state index >= 15 is 0 Å². The zero-order valence-electron chi connectivity index (χ0n) is 10.1. The van der Waals surface area contributed by atoms with Crippen molar-refractivity contribution in [3.8, 4) is 0 Å². The van der Waals surface area contributed by atoms with Crippen LogP contribution in [0, 0.1) is 0 Å². The van der Waals surface area contributed by atoms with Crippen molar-refractivity contribution in [3.63, 3.8) is 0 Å². The molecule has 0 N–H and O–H groups in total. The van der Waals surface area contributed by atoms with Gasteiger partial charge in [-0.15, -0.1) is 0 Å². The van der Waals surface area contributed by atoms with Gasteiger partial charge in [-0.05, 0) is 24.0 Å². The Morgan fingerprint density at radius 3 is 2.65 bits per heavy atom. The minimum atomic E-state index is -2.67. The molecule has 1 aliphatic rings. The molecule has 1 aromatic rings. The molecule has 0 saturated carbocycles. The standard InChI is InChI=1S/C13H17F2NO/c1-9(2)10-3-4-11(16-7-10)12-5-6-13(14,15)8-17-12/h3-4,7,9,12H,5-6,8H2,1-2H3. The molecule has 1 atom stereocenters. The number of alkyl halides is 2. The van der Waals surface area contributed by atoms with E-state index in [1.54, 1.807) is 6.20 Å². The highest BCUT2D eigenvalue weighted by atomic mass is 19.3. The highest BCUT2D eigenvalue weighted by Gasteiger charge is 2.36. The van der Waals surface area contributed by atoms with Crippen molar-refractivity contribution in [1.82, 2.24) is 4.98 Å². The number of rotatable bonds is 2. The number of hydrogen-bond donors (Lipinski definition) is 0. The molecule has 4 heteroatoms. The zero-order chi connectivity index (χ0) is 12.5. The molecule has 1 aliphatic heterocycles. The lowest BCUT2D eigenvalue weighted by Crippen LogP contribution is -2.31. The van der Waals surface area contributed by atoms with Crippen molar-refractivity contribution in [2.75, 3.05) is 6.61 Å². The molecule has 1 saturated heterocycles. The molecule has 0 bridgehead atoms. The fourth-order valence-electron chi connectivity index (χ4n) is 1.90. The third-order valence-electron chi connectivity index (χ3n) is 3.07. The summed E-state index contributed by atoms with van der Waals surface area (Å²) in [5, 5.41) is 0. The Morgan fingerprint density at radius 2 is 2.18 bits per heavy atom. The highest BCUT2D eigenvalue weighted by molar-refractivity contribution is 5.18. The summed E-state index contributed by atoms with van der Waals surface area (Å²) in [6.45, 7) is 3.69. The van der Waals surface area contributed by atoms with Crippen LogP contribution in [0.15, 0.2) is 18.3 Å². The Balaban J connectivity index is 2.04. The van der Waals surface area contributed by atoms with Gasteiger partial charge in [0, 0.05) is 12.6 Å². The monoisotopic (exact) mass is 241 g/mol. The quantitative estimate of drug-likeness (QED) is 0.787. The maximum absolute atomic E-state index is 12.9. The topological polar surface area (TPSA) is 22.1 Å². The summed E-state index contributed by atoms with van der Waals surface area (Å²) in [4.78, 5) is 4.30. The molecule has 0 aromatic carbocycles. The van der Waals surface area contributed by atoms with Crippen LogP contribution in [0.5, 0.6) is 0 Å². The van der Waals surface area contributed by atoms with Gasteiger partial charge in [-0.25, -0.2) is 8.78 Å². The van der Waals surface area contributed by atoms with Crippen LogP contribution < -0.4 is 0 Å². The summed E-state index contributed by atoms with van der Waals surface area (Å²) in [5.41, 5.74) is 1.90. The largest absolute Gasteiger partial charge is 0.366 e. The predicted molar refractivity (Wildman–Crippen MR) is 61.2 cm³/mol. The lowest BCUT2D eigenvalue weighted by Gasteiger charge is -2.28. The Morgan fingerprint density at radius 1 is 1.41 bits per heavy atom. The van der Waals surface area contributed by atoms with Crippen LogP contribution >= 0.6 is 0 Å². The molecule has 1 fully saturated rings. The lowest BCUT2D eigenvalue weighted by molar-refractivity contribution is -0.146. The molecule has 17 heavy (non-hydrogen) atoms. The number of pyridine rings is 1. The Hall–Kier alpha value is -1.03. The average molecular weight is 241 g/mol. The fraction of sp³-hybridized carbons (Fsp3) is 0.615. The van der Waals surface area contributed by atoms with E-state index < -0.39 is 12.5 Å². The van der Waals surface area contributed by atoms with Gasteiger partial charge in [0.2, 0.25) is 0 Å². The van der Waals surface area contributed by atoms with Gasteiger partial charge in [0.1, 0.15) is 6.61 Å². The molecular weight excluding hydrogens is 224 g/mol. The Labute approximate surface area is 100 Å². The van der Waals surface area contributed by atoms with E-state index in [-0.39, 0.29) is 12.5 Å². The van der Waals surface area contributed by atoms with Crippen LogP contribution in [-0.4, -0.2) is 17.5 Å². The molecule has 0 radical (unpaired) electrons. The SMILES string of the molecule is CC(C)c1ccc(C2CCC(F)(F)CO2)nc1. The van der Waals surface area contributed by atoms with E-state index in [9.17, 15) is 8.78 Å². The van der Waals surface area contributed by atoms with Gasteiger partial charge >= 0.3 is 0 Å². The van der Waals surface area contributed by atoms with Gasteiger partial charge < -0.3 is 4.74 Å². The third-order valence-corrected chi connectivity index (χ3v) is 3.07. The van der Waals surface area contributed by atoms with E-state index in [1.165, 1.54) is 0 Å². The second kappa shape index (κ2) is 4.69. The second-order valence-corrected chi connectivity index (χ2v) is 4.87. The summed E-state index contributed by atoms with van der Waals surface area (Å²) >= 11 is 0. The maximum Gasteiger partial charge on any atom is 0.271 e. The summed E-state index contributed by atoms with van der Waals surface area (Å²) in [6.07, 6.45) is 1.73. The van der Waals surface area contributed by atoms with Gasteiger partial charge in [0.25, 0.3) is 5.92 Å². The first-order valence-corrected chi connectivity index (χ1v) is 5.93. The molecular formula is C13H17F2NO. The summed E-state index contributed by atoms with van der Waals surface area (Å²) in [6, 6.07) is 3.87. The minimum Gasteiger partial charge on any atom is -0.366 e. The molecule has 1 aromatic heterocycles. The summed E-state index contributed by atoms with van der Waals surface area (Å²) < 4.78 is 31.0. The molecule has 94 valence electrons.